The van der Waals surface area contributed by atoms with Crippen molar-refractivity contribution in [2.75, 3.05) is 13.2 Å². The summed E-state index contributed by atoms with van der Waals surface area (Å²) < 4.78 is 27.8. The molecule has 1 saturated heterocycles. The normalized spacial score (nSPS) is 16.6. The Morgan fingerprint density at radius 2 is 1.71 bits per heavy atom. The first kappa shape index (κ1) is 25.9. The van der Waals surface area contributed by atoms with Crippen molar-refractivity contribution in [1.29, 1.82) is 0 Å². The van der Waals surface area contributed by atoms with Crippen LogP contribution in [0.25, 0.3) is 5.70 Å². The summed E-state index contributed by atoms with van der Waals surface area (Å²) in [7, 11) is -1.25. The number of benzene rings is 1. The number of allylic oxidation sites excluding steroid dienone is 1. The Labute approximate surface area is 200 Å². The smallest absolute Gasteiger partial charge is 0.534 e. The van der Waals surface area contributed by atoms with E-state index in [-0.39, 0.29) is 17.9 Å². The molecular weight excluding hydrogens is 443 g/mol. The number of nitrogens with zero attached hydrogens (tertiary/aromatic N) is 1. The summed E-state index contributed by atoms with van der Waals surface area (Å²) in [6, 6.07) is 6.92. The lowest BCUT2D eigenvalue weighted by atomic mass is 9.73. The predicted octanol–water partition coefficient (Wildman–Crippen LogP) is 2.90. The second-order valence-corrected chi connectivity index (χ2v) is 9.97. The van der Waals surface area contributed by atoms with E-state index in [1.807, 2.05) is 0 Å². The van der Waals surface area contributed by atoms with Gasteiger partial charge in [0, 0.05) is 23.9 Å². The Morgan fingerprint density at radius 1 is 1.09 bits per heavy atom. The molecule has 0 spiro atoms. The number of carbonyl (C=O) groups is 2. The highest BCUT2D eigenvalue weighted by molar-refractivity contribution is 6.62. The molecule has 2 aliphatic rings. The van der Waals surface area contributed by atoms with Crippen LogP contribution < -0.4 is 10.9 Å². The monoisotopic (exact) mass is 476 g/mol. The van der Waals surface area contributed by atoms with Gasteiger partial charge in [-0.1, -0.05) is 24.3 Å². The second kappa shape index (κ2) is 10.2. The van der Waals surface area contributed by atoms with Crippen LogP contribution in [-0.2, 0) is 23.6 Å². The summed E-state index contributed by atoms with van der Waals surface area (Å²) in [6.07, 6.45) is -1.44. The molecule has 1 aromatic rings. The zero-order valence-corrected chi connectivity index (χ0v) is 20.5. The minimum absolute atomic E-state index is 0.235. The van der Waals surface area contributed by atoms with Crippen molar-refractivity contribution in [3.05, 3.63) is 35.6 Å². The van der Waals surface area contributed by atoms with Crippen LogP contribution in [0.15, 0.2) is 30.0 Å². The molecule has 0 saturated carbocycles. The zero-order chi connectivity index (χ0) is 25.1. The van der Waals surface area contributed by atoms with Crippen LogP contribution >= 0.6 is 0 Å². The number of hydrazine groups is 1. The molecule has 0 aliphatic carbocycles. The molecule has 0 aromatic heterocycles. The van der Waals surface area contributed by atoms with Crippen LogP contribution in [0.1, 0.15) is 59.9 Å². The van der Waals surface area contributed by atoms with E-state index < -0.39 is 36.8 Å². The molecular formula is C23H33BN2O8. The molecule has 3 rings (SSSR count). The van der Waals surface area contributed by atoms with Crippen LogP contribution in [0.5, 0.6) is 0 Å². The van der Waals surface area contributed by atoms with Crippen molar-refractivity contribution in [2.45, 2.75) is 71.9 Å². The molecule has 0 unspecified atom stereocenters. The summed E-state index contributed by atoms with van der Waals surface area (Å²) in [4.78, 5) is 26.0. The molecule has 10 nitrogen and oxygen atoms in total. The van der Waals surface area contributed by atoms with Crippen LogP contribution in [-0.4, -0.2) is 60.0 Å². The Morgan fingerprint density at radius 3 is 2.32 bits per heavy atom. The highest BCUT2D eigenvalue weighted by Crippen LogP contribution is 2.31. The molecule has 2 N–H and O–H groups in total. The second-order valence-electron chi connectivity index (χ2n) is 9.97. The first-order chi connectivity index (χ1) is 15.8. The molecule has 0 radical (unpaired) electrons. The standard InChI is InChI=1S/C23H33BN2O8/c1-22(2,3)32-20(27)25-26(21(28)33-23(4,5)6)19-15-9-7-8-10-16(15)24(29)34-17(19)11-12-18-30-13-14-31-18/h7-10,18,29H,11-14H2,1-6H3,(H,25,27). The van der Waals surface area contributed by atoms with Gasteiger partial charge in [0.15, 0.2) is 6.29 Å². The maximum atomic E-state index is 13.3. The zero-order valence-electron chi connectivity index (χ0n) is 20.5. The van der Waals surface area contributed by atoms with Crippen LogP contribution in [0.3, 0.4) is 0 Å². The molecule has 0 atom stereocenters. The summed E-state index contributed by atoms with van der Waals surface area (Å²) >= 11 is 0. The third-order valence-corrected chi connectivity index (χ3v) is 4.70. The Balaban J connectivity index is 2.04. The predicted molar refractivity (Wildman–Crippen MR) is 124 cm³/mol. The van der Waals surface area contributed by atoms with Gasteiger partial charge in [0.05, 0.1) is 13.2 Å². The van der Waals surface area contributed by atoms with Gasteiger partial charge in [-0.05, 0) is 41.5 Å². The lowest BCUT2D eigenvalue weighted by Crippen LogP contribution is -2.51. The Bertz CT molecular complexity index is 932. The Hall–Kier alpha value is -2.76. The number of fused-ring (bicyclic) bond motifs is 1. The van der Waals surface area contributed by atoms with Crippen LogP contribution in [0.2, 0.25) is 0 Å². The average molecular weight is 476 g/mol. The van der Waals surface area contributed by atoms with Crippen molar-refractivity contribution in [3.8, 4) is 0 Å². The largest absolute Gasteiger partial charge is 0.560 e. The summed E-state index contributed by atoms with van der Waals surface area (Å²) in [6.45, 7) is 11.3. The molecule has 34 heavy (non-hydrogen) atoms. The van der Waals surface area contributed by atoms with Crippen molar-refractivity contribution in [2.24, 2.45) is 0 Å². The van der Waals surface area contributed by atoms with Crippen LogP contribution in [0.4, 0.5) is 9.59 Å². The van der Waals surface area contributed by atoms with Gasteiger partial charge in [0.25, 0.3) is 0 Å². The fourth-order valence-electron chi connectivity index (χ4n) is 3.47. The fraction of sp³-hybridized carbons (Fsp3) is 0.565. The quantitative estimate of drug-likeness (QED) is 0.504. The van der Waals surface area contributed by atoms with Crippen molar-refractivity contribution < 1.29 is 38.2 Å². The SMILES string of the molecule is CC(C)(C)OC(=O)NN(C(=O)OC(C)(C)C)C1=C(CCC2OCCO2)OB(O)c2ccccc21. The minimum atomic E-state index is -1.25. The molecule has 0 bridgehead atoms. The maximum Gasteiger partial charge on any atom is 0.560 e. The number of hydrogen-bond acceptors (Lipinski definition) is 8. The lowest BCUT2D eigenvalue weighted by Gasteiger charge is -2.34. The molecule has 11 heteroatoms. The third-order valence-electron chi connectivity index (χ3n) is 4.70. The van der Waals surface area contributed by atoms with E-state index >= 15 is 0 Å². The van der Waals surface area contributed by atoms with E-state index in [0.29, 0.717) is 30.7 Å². The Kier molecular flexibility index (Phi) is 7.79. The summed E-state index contributed by atoms with van der Waals surface area (Å²) in [5.41, 5.74) is 2.04. The fourth-order valence-corrected chi connectivity index (χ4v) is 3.47. The molecule has 186 valence electrons. The number of ether oxygens (including phenoxy) is 4. The topological polar surface area (TPSA) is 116 Å². The molecule has 2 heterocycles. The lowest BCUT2D eigenvalue weighted by molar-refractivity contribution is -0.0475. The van der Waals surface area contributed by atoms with Gasteiger partial charge in [-0.25, -0.2) is 15.0 Å². The van der Waals surface area contributed by atoms with Gasteiger partial charge >= 0.3 is 19.3 Å². The molecule has 2 aliphatic heterocycles. The maximum absolute atomic E-state index is 13.3. The third kappa shape index (κ3) is 6.88. The number of rotatable bonds is 4. The van der Waals surface area contributed by atoms with Gasteiger partial charge in [-0.2, -0.15) is 5.01 Å². The number of carbonyl (C=O) groups excluding carboxylic acids is 2. The van der Waals surface area contributed by atoms with Gasteiger partial charge in [0.2, 0.25) is 0 Å². The van der Waals surface area contributed by atoms with Crippen molar-refractivity contribution in [3.63, 3.8) is 0 Å². The molecule has 1 aromatic carbocycles. The number of amides is 2. The van der Waals surface area contributed by atoms with E-state index in [0.717, 1.165) is 5.01 Å². The van der Waals surface area contributed by atoms with Gasteiger partial charge < -0.3 is 28.6 Å². The van der Waals surface area contributed by atoms with Crippen LogP contribution in [0, 0.1) is 0 Å². The highest BCUT2D eigenvalue weighted by atomic mass is 16.7. The van der Waals surface area contributed by atoms with Gasteiger partial charge in [-0.15, -0.1) is 0 Å². The van der Waals surface area contributed by atoms with E-state index in [9.17, 15) is 14.6 Å². The molecule has 2 amide bonds. The molecule has 1 fully saturated rings. The van der Waals surface area contributed by atoms with Crippen molar-refractivity contribution in [1.82, 2.24) is 10.4 Å². The van der Waals surface area contributed by atoms with E-state index in [2.05, 4.69) is 5.43 Å². The van der Waals surface area contributed by atoms with E-state index in [1.165, 1.54) is 0 Å². The van der Waals surface area contributed by atoms with E-state index in [4.69, 9.17) is 23.6 Å². The summed E-state index contributed by atoms with van der Waals surface area (Å²) in [5.74, 6) is 0.271. The van der Waals surface area contributed by atoms with Gasteiger partial charge in [-0.3, -0.25) is 0 Å². The van der Waals surface area contributed by atoms with Crippen molar-refractivity contribution >= 4 is 30.5 Å². The number of nitrogens with one attached hydrogen (secondary N) is 1. The van der Waals surface area contributed by atoms with E-state index in [1.54, 1.807) is 65.8 Å². The minimum Gasteiger partial charge on any atom is -0.534 e. The average Bonchev–Trinajstić information content (AvgIpc) is 3.22. The van der Waals surface area contributed by atoms with Gasteiger partial charge in [0.1, 0.15) is 22.7 Å². The first-order valence-electron chi connectivity index (χ1n) is 11.3. The number of hydrogen-bond donors (Lipinski definition) is 2. The highest BCUT2D eigenvalue weighted by Gasteiger charge is 2.39. The summed E-state index contributed by atoms with van der Waals surface area (Å²) in [5, 5.41) is 11.6. The first-order valence-corrected chi connectivity index (χ1v) is 11.3.